The van der Waals surface area contributed by atoms with E-state index in [1.807, 2.05) is 36.4 Å². The second-order valence-corrected chi connectivity index (χ2v) is 6.69. The molecular weight excluding hydrogens is 336 g/mol. The minimum Gasteiger partial charge on any atom is -0.468 e. The van der Waals surface area contributed by atoms with E-state index < -0.39 is 0 Å². The summed E-state index contributed by atoms with van der Waals surface area (Å²) in [7, 11) is 0. The maximum Gasteiger partial charge on any atom is 0.244 e. The van der Waals surface area contributed by atoms with Gasteiger partial charge < -0.3 is 9.73 Å². The monoisotopic (exact) mass is 358 g/mol. The van der Waals surface area contributed by atoms with Crippen LogP contribution in [0.2, 0.25) is 5.02 Å². The molecule has 0 radical (unpaired) electrons. The Morgan fingerprint density at radius 1 is 1.20 bits per heavy atom. The van der Waals surface area contributed by atoms with Crippen LogP contribution in [0.4, 0.5) is 0 Å². The molecule has 132 valence electrons. The number of rotatable bonds is 6. The van der Waals surface area contributed by atoms with Gasteiger partial charge in [0.15, 0.2) is 0 Å². The first-order valence-electron chi connectivity index (χ1n) is 8.71. The Kier molecular flexibility index (Phi) is 6.31. The number of furan rings is 1. The van der Waals surface area contributed by atoms with Crippen LogP contribution in [0, 0.1) is 0 Å². The number of likely N-dealkylation sites (tertiary alicyclic amines) is 1. The summed E-state index contributed by atoms with van der Waals surface area (Å²) in [6, 6.07) is 11.3. The summed E-state index contributed by atoms with van der Waals surface area (Å²) in [5.74, 6) is 0.799. The molecule has 1 aliphatic rings. The summed E-state index contributed by atoms with van der Waals surface area (Å²) in [4.78, 5) is 14.6. The highest BCUT2D eigenvalue weighted by Crippen LogP contribution is 2.24. The first kappa shape index (κ1) is 17.8. The normalized spacial score (nSPS) is 16.8. The number of nitrogens with zero attached hydrogens (tertiary/aromatic N) is 1. The molecule has 1 saturated heterocycles. The van der Waals surface area contributed by atoms with Crippen LogP contribution in [0.5, 0.6) is 0 Å². The minimum atomic E-state index is -0.108. The van der Waals surface area contributed by atoms with Gasteiger partial charge in [-0.15, -0.1) is 0 Å². The Bertz CT molecular complexity index is 689. The zero-order chi connectivity index (χ0) is 17.5. The molecule has 1 unspecified atom stereocenters. The third-order valence-corrected chi connectivity index (χ3v) is 4.72. The number of carbonyl (C=O) groups excluding carboxylic acids is 1. The molecule has 2 heterocycles. The third-order valence-electron chi connectivity index (χ3n) is 4.47. The predicted octanol–water partition coefficient (Wildman–Crippen LogP) is 4.29. The Balaban J connectivity index is 1.58. The Hall–Kier alpha value is -2.04. The molecule has 0 spiro atoms. The smallest absolute Gasteiger partial charge is 0.244 e. The van der Waals surface area contributed by atoms with Crippen molar-refractivity contribution in [3.05, 3.63) is 65.1 Å². The fourth-order valence-corrected chi connectivity index (χ4v) is 3.25. The van der Waals surface area contributed by atoms with E-state index in [9.17, 15) is 4.79 Å². The van der Waals surface area contributed by atoms with Crippen molar-refractivity contribution >= 4 is 23.6 Å². The van der Waals surface area contributed by atoms with E-state index in [1.54, 1.807) is 18.4 Å². The van der Waals surface area contributed by atoms with Crippen molar-refractivity contribution in [2.45, 2.75) is 25.3 Å². The summed E-state index contributed by atoms with van der Waals surface area (Å²) >= 11 is 5.86. The maximum absolute atomic E-state index is 12.2. The van der Waals surface area contributed by atoms with Gasteiger partial charge in [-0.2, -0.15) is 0 Å². The molecule has 1 amide bonds. The van der Waals surface area contributed by atoms with Crippen molar-refractivity contribution in [2.75, 3.05) is 19.6 Å². The van der Waals surface area contributed by atoms with Crippen molar-refractivity contribution in [3.8, 4) is 0 Å². The minimum absolute atomic E-state index is 0.0863. The molecule has 1 aromatic carbocycles. The van der Waals surface area contributed by atoms with Gasteiger partial charge in [0.05, 0.1) is 12.3 Å². The van der Waals surface area contributed by atoms with Crippen LogP contribution in [0.25, 0.3) is 6.08 Å². The van der Waals surface area contributed by atoms with E-state index in [-0.39, 0.29) is 11.9 Å². The number of hydrogen-bond donors (Lipinski definition) is 1. The molecule has 5 heteroatoms. The molecule has 4 nitrogen and oxygen atoms in total. The van der Waals surface area contributed by atoms with E-state index in [4.69, 9.17) is 16.0 Å². The zero-order valence-electron chi connectivity index (χ0n) is 14.2. The number of amides is 1. The second kappa shape index (κ2) is 8.88. The van der Waals surface area contributed by atoms with Crippen molar-refractivity contribution < 1.29 is 9.21 Å². The largest absolute Gasteiger partial charge is 0.468 e. The third kappa shape index (κ3) is 5.21. The molecule has 1 aliphatic heterocycles. The standard InChI is InChI=1S/C20H23ClN2O2/c21-17-9-6-16(7-10-17)8-11-20(24)22-15-18(19-5-4-14-25-19)23-12-2-1-3-13-23/h4-11,14,18H,1-3,12-13,15H2,(H,22,24)/b11-8+. The topological polar surface area (TPSA) is 45.5 Å². The average Bonchev–Trinajstić information content (AvgIpc) is 3.17. The van der Waals surface area contributed by atoms with Crippen LogP contribution in [0.15, 0.2) is 53.2 Å². The molecule has 1 fully saturated rings. The number of benzene rings is 1. The maximum atomic E-state index is 12.2. The molecule has 0 aliphatic carbocycles. The lowest BCUT2D eigenvalue weighted by Gasteiger charge is -2.33. The molecule has 1 atom stereocenters. The van der Waals surface area contributed by atoms with Gasteiger partial charge in [-0.1, -0.05) is 30.2 Å². The summed E-state index contributed by atoms with van der Waals surface area (Å²) in [5.41, 5.74) is 0.943. The van der Waals surface area contributed by atoms with E-state index in [2.05, 4.69) is 10.2 Å². The van der Waals surface area contributed by atoms with Gasteiger partial charge in [-0.3, -0.25) is 9.69 Å². The van der Waals surface area contributed by atoms with Gasteiger partial charge in [0.1, 0.15) is 5.76 Å². The van der Waals surface area contributed by atoms with E-state index in [0.29, 0.717) is 11.6 Å². The lowest BCUT2D eigenvalue weighted by Crippen LogP contribution is -2.40. The Morgan fingerprint density at radius 3 is 2.64 bits per heavy atom. The number of piperidine rings is 1. The second-order valence-electron chi connectivity index (χ2n) is 6.26. The molecule has 1 aromatic heterocycles. The SMILES string of the molecule is O=C(/C=C/c1ccc(Cl)cc1)NCC(c1ccco1)N1CCCCC1. The van der Waals surface area contributed by atoms with Gasteiger partial charge in [0, 0.05) is 17.6 Å². The molecular formula is C20H23ClN2O2. The van der Waals surface area contributed by atoms with Crippen LogP contribution in [-0.2, 0) is 4.79 Å². The molecule has 0 bridgehead atoms. The molecule has 1 N–H and O–H groups in total. The summed E-state index contributed by atoms with van der Waals surface area (Å²) in [5, 5.41) is 3.68. The zero-order valence-corrected chi connectivity index (χ0v) is 14.9. The van der Waals surface area contributed by atoms with Crippen LogP contribution in [0.1, 0.15) is 36.6 Å². The first-order valence-corrected chi connectivity index (χ1v) is 9.09. The van der Waals surface area contributed by atoms with Gasteiger partial charge in [-0.25, -0.2) is 0 Å². The molecule has 0 saturated carbocycles. The van der Waals surface area contributed by atoms with Crippen molar-refractivity contribution in [2.24, 2.45) is 0 Å². The highest BCUT2D eigenvalue weighted by molar-refractivity contribution is 6.30. The Morgan fingerprint density at radius 2 is 1.96 bits per heavy atom. The van der Waals surface area contributed by atoms with Gasteiger partial charge in [0.2, 0.25) is 5.91 Å². The average molecular weight is 359 g/mol. The lowest BCUT2D eigenvalue weighted by molar-refractivity contribution is -0.116. The fraction of sp³-hybridized carbons (Fsp3) is 0.350. The number of halogens is 1. The molecule has 25 heavy (non-hydrogen) atoms. The summed E-state index contributed by atoms with van der Waals surface area (Å²) in [6.45, 7) is 2.63. The Labute approximate surface area is 153 Å². The summed E-state index contributed by atoms with van der Waals surface area (Å²) < 4.78 is 5.60. The number of carbonyl (C=O) groups is 1. The van der Waals surface area contributed by atoms with Crippen LogP contribution in [0.3, 0.4) is 0 Å². The lowest BCUT2D eigenvalue weighted by atomic mass is 10.1. The number of hydrogen-bond acceptors (Lipinski definition) is 3. The van der Waals surface area contributed by atoms with Crippen molar-refractivity contribution in [3.63, 3.8) is 0 Å². The van der Waals surface area contributed by atoms with Gasteiger partial charge in [0.25, 0.3) is 0 Å². The number of nitrogens with one attached hydrogen (secondary N) is 1. The fourth-order valence-electron chi connectivity index (χ4n) is 3.12. The molecule has 2 aromatic rings. The summed E-state index contributed by atoms with van der Waals surface area (Å²) in [6.07, 6.45) is 8.70. The van der Waals surface area contributed by atoms with Gasteiger partial charge >= 0.3 is 0 Å². The van der Waals surface area contributed by atoms with E-state index in [0.717, 1.165) is 24.4 Å². The van der Waals surface area contributed by atoms with E-state index in [1.165, 1.54) is 19.3 Å². The van der Waals surface area contributed by atoms with Crippen LogP contribution >= 0.6 is 11.6 Å². The van der Waals surface area contributed by atoms with E-state index >= 15 is 0 Å². The van der Waals surface area contributed by atoms with Crippen LogP contribution < -0.4 is 5.32 Å². The highest BCUT2D eigenvalue weighted by atomic mass is 35.5. The predicted molar refractivity (Wildman–Crippen MR) is 100 cm³/mol. The van der Waals surface area contributed by atoms with Crippen LogP contribution in [-0.4, -0.2) is 30.4 Å². The first-order chi connectivity index (χ1) is 12.2. The van der Waals surface area contributed by atoms with Crippen molar-refractivity contribution in [1.29, 1.82) is 0 Å². The highest BCUT2D eigenvalue weighted by Gasteiger charge is 2.24. The van der Waals surface area contributed by atoms with Gasteiger partial charge in [-0.05, 0) is 61.8 Å². The van der Waals surface area contributed by atoms with Crippen molar-refractivity contribution in [1.82, 2.24) is 10.2 Å². The quantitative estimate of drug-likeness (QED) is 0.783. The molecule has 3 rings (SSSR count).